The molecule has 1 aromatic heterocycles. The molecular formula is C15H24N4O2. The number of carbonyl (C=O) groups is 1. The lowest BCUT2D eigenvalue weighted by Crippen LogP contribution is -2.47. The highest BCUT2D eigenvalue weighted by Gasteiger charge is 2.27. The van der Waals surface area contributed by atoms with Crippen LogP contribution < -0.4 is 10.9 Å². The Hall–Kier alpha value is -1.85. The van der Waals surface area contributed by atoms with E-state index >= 15 is 0 Å². The average Bonchev–Trinajstić information content (AvgIpc) is 2.72. The number of hydrogen-bond donors (Lipinski definition) is 2. The maximum Gasteiger partial charge on any atom is 0.317 e. The van der Waals surface area contributed by atoms with Crippen LogP contribution in [0.5, 0.6) is 0 Å². The summed E-state index contributed by atoms with van der Waals surface area (Å²) < 4.78 is 0. The molecule has 116 valence electrons. The molecule has 1 unspecified atom stereocenters. The van der Waals surface area contributed by atoms with E-state index in [4.69, 9.17) is 0 Å². The Morgan fingerprint density at radius 3 is 2.90 bits per heavy atom. The highest BCUT2D eigenvalue weighted by molar-refractivity contribution is 5.74. The summed E-state index contributed by atoms with van der Waals surface area (Å²) in [4.78, 5) is 25.3. The summed E-state index contributed by atoms with van der Waals surface area (Å²) in [5.74, 6) is 0.458. The van der Waals surface area contributed by atoms with E-state index in [0.29, 0.717) is 24.2 Å². The Labute approximate surface area is 124 Å². The highest BCUT2D eigenvalue weighted by Crippen LogP contribution is 2.22. The van der Waals surface area contributed by atoms with Crippen molar-refractivity contribution in [3.05, 3.63) is 28.2 Å². The van der Waals surface area contributed by atoms with Gasteiger partial charge in [0, 0.05) is 18.7 Å². The van der Waals surface area contributed by atoms with Crippen molar-refractivity contribution in [2.75, 3.05) is 6.54 Å². The van der Waals surface area contributed by atoms with Gasteiger partial charge in [0.1, 0.15) is 0 Å². The molecule has 1 aliphatic heterocycles. The van der Waals surface area contributed by atoms with Gasteiger partial charge in [-0.1, -0.05) is 26.7 Å². The lowest BCUT2D eigenvalue weighted by molar-refractivity contribution is 0.155. The number of urea groups is 1. The van der Waals surface area contributed by atoms with Gasteiger partial charge in [-0.3, -0.25) is 4.79 Å². The van der Waals surface area contributed by atoms with E-state index in [2.05, 4.69) is 29.4 Å². The van der Waals surface area contributed by atoms with Gasteiger partial charge in [-0.2, -0.15) is 5.10 Å². The molecular weight excluding hydrogens is 268 g/mol. The molecule has 6 heteroatoms. The molecule has 1 aromatic rings. The Morgan fingerprint density at radius 2 is 2.24 bits per heavy atom. The second kappa shape index (κ2) is 7.24. The normalized spacial score (nSPS) is 19.4. The third-order valence-electron chi connectivity index (χ3n) is 3.99. The Morgan fingerprint density at radius 1 is 1.43 bits per heavy atom. The van der Waals surface area contributed by atoms with Gasteiger partial charge < -0.3 is 10.2 Å². The van der Waals surface area contributed by atoms with Crippen LogP contribution in [0.1, 0.15) is 45.2 Å². The number of rotatable bonds is 3. The quantitative estimate of drug-likeness (QED) is 0.893. The number of H-pyrrole nitrogens is 1. The van der Waals surface area contributed by atoms with Crippen LogP contribution in [-0.4, -0.2) is 33.7 Å². The number of likely N-dealkylation sites (tertiary alicyclic amines) is 1. The molecule has 1 fully saturated rings. The van der Waals surface area contributed by atoms with Crippen molar-refractivity contribution in [2.24, 2.45) is 5.92 Å². The summed E-state index contributed by atoms with van der Waals surface area (Å²) in [5.41, 5.74) is 0.413. The smallest absolute Gasteiger partial charge is 0.317 e. The van der Waals surface area contributed by atoms with E-state index in [9.17, 15) is 9.59 Å². The van der Waals surface area contributed by atoms with E-state index in [-0.39, 0.29) is 11.6 Å². The summed E-state index contributed by atoms with van der Waals surface area (Å²) in [6.07, 6.45) is 4.51. The standard InChI is InChI=1S/C15H24N4O2/c1-11(2)13-6-4-3-5-9-19(13)15(21)16-10-12-7-8-14(20)18-17-12/h7-8,11,13H,3-6,9-10H2,1-2H3,(H,16,21)(H,18,20). The lowest BCUT2D eigenvalue weighted by atomic mass is 9.98. The molecule has 2 heterocycles. The van der Waals surface area contributed by atoms with E-state index < -0.39 is 0 Å². The summed E-state index contributed by atoms with van der Waals surface area (Å²) in [6.45, 7) is 5.48. The summed E-state index contributed by atoms with van der Waals surface area (Å²) >= 11 is 0. The molecule has 0 bridgehead atoms. The van der Waals surface area contributed by atoms with E-state index in [1.54, 1.807) is 6.07 Å². The first-order valence-corrected chi connectivity index (χ1v) is 7.67. The number of aromatic amines is 1. The summed E-state index contributed by atoms with van der Waals surface area (Å²) in [5, 5.41) is 9.17. The van der Waals surface area contributed by atoms with Crippen LogP contribution in [-0.2, 0) is 6.54 Å². The monoisotopic (exact) mass is 292 g/mol. The first kappa shape index (κ1) is 15.5. The van der Waals surface area contributed by atoms with Crippen LogP contribution in [0.3, 0.4) is 0 Å². The molecule has 2 amide bonds. The van der Waals surface area contributed by atoms with Crippen LogP contribution in [0.25, 0.3) is 0 Å². The van der Waals surface area contributed by atoms with Gasteiger partial charge in [0.15, 0.2) is 0 Å². The van der Waals surface area contributed by atoms with Gasteiger partial charge in [0.2, 0.25) is 0 Å². The fraction of sp³-hybridized carbons (Fsp3) is 0.667. The third kappa shape index (κ3) is 4.31. The van der Waals surface area contributed by atoms with Crippen molar-refractivity contribution in [1.82, 2.24) is 20.4 Å². The lowest BCUT2D eigenvalue weighted by Gasteiger charge is -2.32. The molecule has 0 aromatic carbocycles. The average molecular weight is 292 g/mol. The number of carbonyl (C=O) groups excluding carboxylic acids is 1. The van der Waals surface area contributed by atoms with Crippen LogP contribution in [0.2, 0.25) is 0 Å². The summed E-state index contributed by atoms with van der Waals surface area (Å²) in [7, 11) is 0. The van der Waals surface area contributed by atoms with Crippen molar-refractivity contribution >= 4 is 6.03 Å². The van der Waals surface area contributed by atoms with E-state index in [1.807, 2.05) is 4.90 Å². The highest BCUT2D eigenvalue weighted by atomic mass is 16.2. The molecule has 2 N–H and O–H groups in total. The van der Waals surface area contributed by atoms with Crippen molar-refractivity contribution < 1.29 is 4.79 Å². The van der Waals surface area contributed by atoms with Crippen molar-refractivity contribution in [3.63, 3.8) is 0 Å². The topological polar surface area (TPSA) is 78.1 Å². The Balaban J connectivity index is 1.96. The molecule has 0 aliphatic carbocycles. The minimum Gasteiger partial charge on any atom is -0.332 e. The SMILES string of the molecule is CC(C)C1CCCCCN1C(=O)NCc1ccc(=O)[nH]n1. The van der Waals surface area contributed by atoms with E-state index in [0.717, 1.165) is 19.4 Å². The van der Waals surface area contributed by atoms with Gasteiger partial charge in [-0.15, -0.1) is 0 Å². The minimum atomic E-state index is -0.238. The van der Waals surface area contributed by atoms with E-state index in [1.165, 1.54) is 18.9 Å². The van der Waals surface area contributed by atoms with Gasteiger partial charge >= 0.3 is 6.03 Å². The molecule has 1 atom stereocenters. The first-order valence-electron chi connectivity index (χ1n) is 7.67. The maximum absolute atomic E-state index is 12.4. The van der Waals surface area contributed by atoms with Gasteiger partial charge in [0.25, 0.3) is 5.56 Å². The summed E-state index contributed by atoms with van der Waals surface area (Å²) in [6, 6.07) is 3.30. The molecule has 1 saturated heterocycles. The Bertz CT molecular complexity index is 506. The zero-order chi connectivity index (χ0) is 15.2. The number of nitrogens with zero attached hydrogens (tertiary/aromatic N) is 2. The van der Waals surface area contributed by atoms with Gasteiger partial charge in [-0.05, 0) is 24.8 Å². The van der Waals surface area contributed by atoms with Crippen molar-refractivity contribution in [1.29, 1.82) is 0 Å². The predicted octanol–water partition coefficient (Wildman–Crippen LogP) is 1.88. The third-order valence-corrected chi connectivity index (χ3v) is 3.99. The van der Waals surface area contributed by atoms with Crippen LogP contribution in [0.4, 0.5) is 4.79 Å². The second-order valence-corrected chi connectivity index (χ2v) is 5.93. The second-order valence-electron chi connectivity index (χ2n) is 5.93. The van der Waals surface area contributed by atoms with Crippen LogP contribution in [0, 0.1) is 5.92 Å². The molecule has 21 heavy (non-hydrogen) atoms. The molecule has 0 radical (unpaired) electrons. The van der Waals surface area contributed by atoms with Crippen LogP contribution >= 0.6 is 0 Å². The van der Waals surface area contributed by atoms with Crippen LogP contribution in [0.15, 0.2) is 16.9 Å². The maximum atomic E-state index is 12.4. The Kier molecular flexibility index (Phi) is 5.36. The van der Waals surface area contributed by atoms with Gasteiger partial charge in [-0.25, -0.2) is 9.89 Å². The number of hydrogen-bond acceptors (Lipinski definition) is 3. The largest absolute Gasteiger partial charge is 0.332 e. The van der Waals surface area contributed by atoms with Crippen molar-refractivity contribution in [2.45, 2.75) is 52.1 Å². The molecule has 6 nitrogen and oxygen atoms in total. The number of nitrogens with one attached hydrogen (secondary N) is 2. The molecule has 1 aliphatic rings. The number of amides is 2. The fourth-order valence-electron chi connectivity index (χ4n) is 2.82. The zero-order valence-corrected chi connectivity index (χ0v) is 12.8. The van der Waals surface area contributed by atoms with Crippen molar-refractivity contribution in [3.8, 4) is 0 Å². The zero-order valence-electron chi connectivity index (χ0n) is 12.8. The molecule has 2 rings (SSSR count). The molecule has 0 spiro atoms. The predicted molar refractivity (Wildman–Crippen MR) is 80.9 cm³/mol. The molecule has 0 saturated carbocycles. The first-order chi connectivity index (χ1) is 10.1. The number of aromatic nitrogens is 2. The fourth-order valence-corrected chi connectivity index (χ4v) is 2.82. The van der Waals surface area contributed by atoms with Gasteiger partial charge in [0.05, 0.1) is 12.2 Å². The minimum absolute atomic E-state index is 0.0383.